The number of furan rings is 1. The molecular weight excluding hydrogens is 250 g/mol. The van der Waals surface area contributed by atoms with Gasteiger partial charge >= 0.3 is 0 Å². The Labute approximate surface area is 121 Å². The van der Waals surface area contributed by atoms with Gasteiger partial charge in [-0.15, -0.1) is 0 Å². The maximum Gasteiger partial charge on any atom is 0.185 e. The Morgan fingerprint density at radius 1 is 1.35 bits per heavy atom. The van der Waals surface area contributed by atoms with E-state index in [0.717, 1.165) is 25.1 Å². The zero-order chi connectivity index (χ0) is 15.0. The molecule has 0 aromatic carbocycles. The average Bonchev–Trinajstić information content (AvgIpc) is 2.83. The largest absolute Gasteiger partial charge is 0.457 e. The third kappa shape index (κ3) is 6.40. The summed E-state index contributed by atoms with van der Waals surface area (Å²) >= 11 is 0. The van der Waals surface area contributed by atoms with E-state index in [0.29, 0.717) is 12.3 Å². The quantitative estimate of drug-likeness (QED) is 0.587. The van der Waals surface area contributed by atoms with Crippen molar-refractivity contribution in [2.45, 2.75) is 34.2 Å². The van der Waals surface area contributed by atoms with Crippen LogP contribution in [0.15, 0.2) is 28.7 Å². The molecule has 20 heavy (non-hydrogen) atoms. The van der Waals surface area contributed by atoms with E-state index in [1.165, 1.54) is 0 Å². The number of nitrogens with zero attached hydrogens (tertiary/aromatic N) is 1. The van der Waals surface area contributed by atoms with Gasteiger partial charge in [0.1, 0.15) is 5.76 Å². The fourth-order valence-corrected chi connectivity index (χ4v) is 1.59. The first-order chi connectivity index (χ1) is 9.44. The maximum atomic E-state index is 10.6. The summed E-state index contributed by atoms with van der Waals surface area (Å²) in [6.07, 6.45) is 4.67. The van der Waals surface area contributed by atoms with Crippen LogP contribution in [0.4, 0.5) is 0 Å². The Kier molecular flexibility index (Phi) is 6.27. The molecule has 1 aromatic heterocycles. The molecule has 0 unspecified atom stereocenters. The summed E-state index contributed by atoms with van der Waals surface area (Å²) in [7, 11) is 0. The van der Waals surface area contributed by atoms with Crippen molar-refractivity contribution < 1.29 is 9.21 Å². The number of hydrogen-bond acceptors (Lipinski definition) is 3. The second kappa shape index (κ2) is 7.72. The summed E-state index contributed by atoms with van der Waals surface area (Å²) in [4.78, 5) is 12.8. The number of likely N-dealkylation sites (N-methyl/N-ethyl adjacent to an activating group) is 1. The van der Waals surface area contributed by atoms with E-state index in [1.54, 1.807) is 6.07 Å². The van der Waals surface area contributed by atoms with Crippen LogP contribution in [0, 0.1) is 17.3 Å². The number of allylic oxidation sites excluding steroid dienone is 1. The van der Waals surface area contributed by atoms with Gasteiger partial charge in [-0.2, -0.15) is 0 Å². The van der Waals surface area contributed by atoms with Crippen LogP contribution in [0.2, 0.25) is 0 Å². The van der Waals surface area contributed by atoms with E-state index < -0.39 is 0 Å². The lowest BCUT2D eigenvalue weighted by molar-refractivity contribution is 0.109. The Morgan fingerprint density at radius 2 is 2.10 bits per heavy atom. The molecule has 0 aliphatic rings. The van der Waals surface area contributed by atoms with Gasteiger partial charge in [-0.25, -0.2) is 0 Å². The Bertz CT molecular complexity index is 509. The van der Waals surface area contributed by atoms with Gasteiger partial charge in [0.2, 0.25) is 0 Å². The van der Waals surface area contributed by atoms with Crippen LogP contribution in [-0.4, -0.2) is 24.3 Å². The van der Waals surface area contributed by atoms with E-state index in [-0.39, 0.29) is 5.41 Å². The van der Waals surface area contributed by atoms with Crippen molar-refractivity contribution in [3.05, 3.63) is 35.8 Å². The van der Waals surface area contributed by atoms with Crippen molar-refractivity contribution in [3.63, 3.8) is 0 Å². The average molecular weight is 273 g/mol. The summed E-state index contributed by atoms with van der Waals surface area (Å²) < 4.78 is 5.38. The first-order valence-corrected chi connectivity index (χ1v) is 6.88. The predicted molar refractivity (Wildman–Crippen MR) is 81.4 cm³/mol. The van der Waals surface area contributed by atoms with E-state index >= 15 is 0 Å². The van der Waals surface area contributed by atoms with Crippen molar-refractivity contribution in [1.29, 1.82) is 0 Å². The molecule has 0 fully saturated rings. The molecule has 0 atom stereocenters. The minimum atomic E-state index is 0.0359. The molecule has 0 saturated heterocycles. The van der Waals surface area contributed by atoms with Crippen LogP contribution in [0.3, 0.4) is 0 Å². The molecule has 0 aliphatic heterocycles. The minimum Gasteiger partial charge on any atom is -0.457 e. The van der Waals surface area contributed by atoms with Crippen LogP contribution >= 0.6 is 0 Å². The highest BCUT2D eigenvalue weighted by Gasteiger charge is 2.06. The van der Waals surface area contributed by atoms with Gasteiger partial charge in [0.15, 0.2) is 12.0 Å². The molecular formula is C17H23NO2. The van der Waals surface area contributed by atoms with Crippen molar-refractivity contribution >= 4 is 6.29 Å². The lowest BCUT2D eigenvalue weighted by Crippen LogP contribution is -2.22. The van der Waals surface area contributed by atoms with Crippen LogP contribution in [0.1, 0.15) is 44.0 Å². The minimum absolute atomic E-state index is 0.0359. The van der Waals surface area contributed by atoms with Crippen molar-refractivity contribution in [2.75, 3.05) is 13.1 Å². The molecule has 0 saturated carbocycles. The lowest BCUT2D eigenvalue weighted by atomic mass is 9.98. The second-order valence-corrected chi connectivity index (χ2v) is 5.67. The van der Waals surface area contributed by atoms with Gasteiger partial charge < -0.3 is 4.42 Å². The molecule has 0 spiro atoms. The van der Waals surface area contributed by atoms with Crippen molar-refractivity contribution in [1.82, 2.24) is 4.90 Å². The number of carbonyl (C=O) groups excluding carboxylic acids is 1. The van der Waals surface area contributed by atoms with Crippen LogP contribution in [0.5, 0.6) is 0 Å². The Morgan fingerprint density at radius 3 is 2.65 bits per heavy atom. The normalized spacial score (nSPS) is 11.7. The molecule has 1 heterocycles. The third-order valence-electron chi connectivity index (χ3n) is 2.64. The number of hydrogen-bond donors (Lipinski definition) is 0. The molecule has 1 rings (SSSR count). The summed E-state index contributed by atoms with van der Waals surface area (Å²) in [6, 6.07) is 3.54. The van der Waals surface area contributed by atoms with Crippen molar-refractivity contribution in [2.24, 2.45) is 5.41 Å². The highest BCUT2D eigenvalue weighted by Crippen LogP contribution is 2.10. The van der Waals surface area contributed by atoms with E-state index in [4.69, 9.17) is 4.42 Å². The van der Waals surface area contributed by atoms with E-state index in [1.807, 2.05) is 18.2 Å². The van der Waals surface area contributed by atoms with Crippen molar-refractivity contribution in [3.8, 4) is 11.8 Å². The fourth-order valence-electron chi connectivity index (χ4n) is 1.59. The molecule has 0 bridgehead atoms. The summed E-state index contributed by atoms with van der Waals surface area (Å²) in [5, 5.41) is 0. The van der Waals surface area contributed by atoms with Gasteiger partial charge in [0, 0.05) is 12.0 Å². The van der Waals surface area contributed by atoms with Crippen LogP contribution in [-0.2, 0) is 6.54 Å². The van der Waals surface area contributed by atoms with E-state index in [9.17, 15) is 4.79 Å². The number of carbonyl (C=O) groups is 1. The molecule has 3 nitrogen and oxygen atoms in total. The number of rotatable bonds is 6. The SMILES string of the molecule is CCN(C/C=C/C#CC(C)(C)C)Cc1ccc(C=O)o1. The summed E-state index contributed by atoms with van der Waals surface area (Å²) in [5.74, 6) is 7.40. The first kappa shape index (κ1) is 16.3. The monoisotopic (exact) mass is 273 g/mol. The smallest absolute Gasteiger partial charge is 0.185 e. The summed E-state index contributed by atoms with van der Waals surface area (Å²) in [6.45, 7) is 10.8. The molecule has 0 N–H and O–H groups in total. The topological polar surface area (TPSA) is 33.5 Å². The van der Waals surface area contributed by atoms with Gasteiger partial charge in [-0.05, 0) is 45.5 Å². The lowest BCUT2D eigenvalue weighted by Gasteiger charge is -2.16. The highest BCUT2D eigenvalue weighted by atomic mass is 16.3. The molecule has 3 heteroatoms. The second-order valence-electron chi connectivity index (χ2n) is 5.67. The molecule has 1 aromatic rings. The molecule has 108 valence electrons. The zero-order valence-corrected chi connectivity index (χ0v) is 12.8. The maximum absolute atomic E-state index is 10.6. The standard InChI is InChI=1S/C17H23NO2/c1-5-18(12-8-6-7-11-17(2,3)4)13-15-9-10-16(14-19)20-15/h6,8-10,14H,5,12-13H2,1-4H3/b8-6+. The highest BCUT2D eigenvalue weighted by molar-refractivity contribution is 5.70. The molecule has 0 amide bonds. The Hall–Kier alpha value is -1.79. The summed E-state index contributed by atoms with van der Waals surface area (Å²) in [5.41, 5.74) is 0.0359. The molecule has 0 aliphatic carbocycles. The van der Waals surface area contributed by atoms with E-state index in [2.05, 4.69) is 44.4 Å². The van der Waals surface area contributed by atoms with Crippen LogP contribution < -0.4 is 0 Å². The fraction of sp³-hybridized carbons (Fsp3) is 0.471. The predicted octanol–water partition coefficient (Wildman–Crippen LogP) is 3.52. The zero-order valence-electron chi connectivity index (χ0n) is 12.8. The van der Waals surface area contributed by atoms with Gasteiger partial charge in [0.05, 0.1) is 6.54 Å². The van der Waals surface area contributed by atoms with Gasteiger partial charge in [-0.3, -0.25) is 9.69 Å². The first-order valence-electron chi connectivity index (χ1n) is 6.88. The third-order valence-corrected chi connectivity index (χ3v) is 2.64. The Balaban J connectivity index is 2.48. The number of aldehydes is 1. The van der Waals surface area contributed by atoms with Crippen LogP contribution in [0.25, 0.3) is 0 Å². The van der Waals surface area contributed by atoms with Gasteiger partial charge in [-0.1, -0.05) is 24.8 Å². The van der Waals surface area contributed by atoms with Gasteiger partial charge in [0.25, 0.3) is 0 Å². The molecule has 0 radical (unpaired) electrons.